The van der Waals surface area contributed by atoms with Crippen LogP contribution in [0.5, 0.6) is 0 Å². The molecule has 2 saturated heterocycles. The van der Waals surface area contributed by atoms with E-state index in [0.717, 1.165) is 0 Å². The number of hydrogen-bond donors (Lipinski definition) is 1. The number of carbonyl (C=O) groups excluding carboxylic acids is 2. The van der Waals surface area contributed by atoms with Crippen molar-refractivity contribution in [3.8, 4) is 0 Å². The molecule has 0 bridgehead atoms. The third-order valence-corrected chi connectivity index (χ3v) is 6.84. The predicted molar refractivity (Wildman–Crippen MR) is 95.3 cm³/mol. The number of benzene rings is 1. The summed E-state index contributed by atoms with van der Waals surface area (Å²) in [5.74, 6) is -0.144. The number of nitrogens with one attached hydrogen (secondary N) is 1. The first kappa shape index (κ1) is 18.2. The second-order valence-corrected chi connectivity index (χ2v) is 9.35. The molecule has 0 aliphatic carbocycles. The number of nitrogens with zero attached hydrogens (tertiary/aromatic N) is 1. The van der Waals surface area contributed by atoms with E-state index in [1.54, 1.807) is 29.2 Å². The van der Waals surface area contributed by atoms with Crippen LogP contribution in [0.15, 0.2) is 24.3 Å². The maximum Gasteiger partial charge on any atom is 0.253 e. The molecule has 2 aliphatic rings. The zero-order valence-electron chi connectivity index (χ0n) is 13.8. The summed E-state index contributed by atoms with van der Waals surface area (Å²) in [6.07, 6.45) is 1.66. The molecule has 6 nitrogen and oxygen atoms in total. The lowest BCUT2D eigenvalue weighted by Gasteiger charge is -2.32. The molecule has 1 N–H and O–H groups in total. The fourth-order valence-corrected chi connectivity index (χ4v) is 5.15. The normalized spacial score (nSPS) is 23.4. The van der Waals surface area contributed by atoms with Crippen molar-refractivity contribution < 1.29 is 18.0 Å². The average molecular weight is 385 g/mol. The van der Waals surface area contributed by atoms with E-state index in [2.05, 4.69) is 5.32 Å². The van der Waals surface area contributed by atoms with E-state index >= 15 is 0 Å². The highest BCUT2D eigenvalue weighted by Gasteiger charge is 2.32. The fraction of sp³-hybridized carbons (Fsp3) is 0.529. The molecule has 0 aromatic heterocycles. The first-order valence-corrected chi connectivity index (χ1v) is 10.6. The van der Waals surface area contributed by atoms with Crippen molar-refractivity contribution in [1.29, 1.82) is 0 Å². The Labute approximate surface area is 152 Å². The lowest BCUT2D eigenvalue weighted by molar-refractivity contribution is -0.126. The molecule has 0 saturated carbocycles. The molecule has 1 atom stereocenters. The molecule has 0 spiro atoms. The van der Waals surface area contributed by atoms with Crippen LogP contribution < -0.4 is 5.32 Å². The van der Waals surface area contributed by atoms with Crippen molar-refractivity contribution in [3.05, 3.63) is 34.9 Å². The van der Waals surface area contributed by atoms with Crippen LogP contribution in [0, 0.1) is 5.92 Å². The number of sulfone groups is 1. The summed E-state index contributed by atoms with van der Waals surface area (Å²) < 4.78 is 22.9. The Balaban J connectivity index is 1.50. The van der Waals surface area contributed by atoms with Gasteiger partial charge in [-0.2, -0.15) is 0 Å². The zero-order chi connectivity index (χ0) is 18.0. The molecule has 1 unspecified atom stereocenters. The van der Waals surface area contributed by atoms with Crippen molar-refractivity contribution in [2.75, 3.05) is 24.6 Å². The second kappa shape index (κ2) is 7.33. The third-order valence-electron chi connectivity index (χ3n) is 4.82. The number of halogens is 1. The van der Waals surface area contributed by atoms with E-state index in [9.17, 15) is 18.0 Å². The summed E-state index contributed by atoms with van der Waals surface area (Å²) in [5.41, 5.74) is 0.587. The minimum absolute atomic E-state index is 0.0344. The molecule has 1 aromatic carbocycles. The molecule has 2 amide bonds. The molecule has 0 radical (unpaired) electrons. The molecule has 8 heteroatoms. The highest BCUT2D eigenvalue weighted by atomic mass is 35.5. The molecule has 3 rings (SSSR count). The van der Waals surface area contributed by atoms with Crippen molar-refractivity contribution in [3.63, 3.8) is 0 Å². The monoisotopic (exact) mass is 384 g/mol. The van der Waals surface area contributed by atoms with Crippen LogP contribution in [0.1, 0.15) is 29.6 Å². The Kier molecular flexibility index (Phi) is 5.34. The van der Waals surface area contributed by atoms with Crippen LogP contribution in [0.4, 0.5) is 0 Å². The van der Waals surface area contributed by atoms with Crippen molar-refractivity contribution in [1.82, 2.24) is 10.2 Å². The van der Waals surface area contributed by atoms with Crippen LogP contribution in [-0.4, -0.2) is 55.8 Å². The third kappa shape index (κ3) is 4.52. The number of rotatable bonds is 3. The highest BCUT2D eigenvalue weighted by Crippen LogP contribution is 2.21. The van der Waals surface area contributed by atoms with Gasteiger partial charge in [-0.1, -0.05) is 11.6 Å². The van der Waals surface area contributed by atoms with Gasteiger partial charge < -0.3 is 10.2 Å². The quantitative estimate of drug-likeness (QED) is 0.855. The number of piperidine rings is 1. The maximum absolute atomic E-state index is 12.5. The van der Waals surface area contributed by atoms with E-state index in [-0.39, 0.29) is 35.3 Å². The first-order chi connectivity index (χ1) is 11.8. The number of likely N-dealkylation sites (tertiary alicyclic amines) is 1. The molecule has 25 heavy (non-hydrogen) atoms. The Morgan fingerprint density at radius 3 is 2.28 bits per heavy atom. The minimum Gasteiger partial charge on any atom is -0.352 e. The van der Waals surface area contributed by atoms with Crippen LogP contribution in [0.2, 0.25) is 5.02 Å². The van der Waals surface area contributed by atoms with E-state index in [0.29, 0.717) is 42.9 Å². The van der Waals surface area contributed by atoms with E-state index in [1.807, 2.05) is 0 Å². The molecular weight excluding hydrogens is 364 g/mol. The zero-order valence-corrected chi connectivity index (χ0v) is 15.4. The summed E-state index contributed by atoms with van der Waals surface area (Å²) in [7, 11) is -3.00. The fourth-order valence-electron chi connectivity index (χ4n) is 3.35. The van der Waals surface area contributed by atoms with Gasteiger partial charge in [0.25, 0.3) is 5.91 Å². The first-order valence-electron chi connectivity index (χ1n) is 8.40. The van der Waals surface area contributed by atoms with Crippen LogP contribution in [-0.2, 0) is 14.6 Å². The molecule has 1 aromatic rings. The van der Waals surface area contributed by atoms with Gasteiger partial charge in [-0.15, -0.1) is 0 Å². The molecule has 2 heterocycles. The average Bonchev–Trinajstić information content (AvgIpc) is 2.93. The lowest BCUT2D eigenvalue weighted by atomic mass is 9.95. The van der Waals surface area contributed by atoms with Crippen LogP contribution in [0.3, 0.4) is 0 Å². The van der Waals surface area contributed by atoms with E-state index in [4.69, 9.17) is 11.6 Å². The molecule has 2 aliphatic heterocycles. The van der Waals surface area contributed by atoms with Crippen LogP contribution >= 0.6 is 11.6 Å². The largest absolute Gasteiger partial charge is 0.352 e. The van der Waals surface area contributed by atoms with Gasteiger partial charge in [0.1, 0.15) is 0 Å². The smallest absolute Gasteiger partial charge is 0.253 e. The topological polar surface area (TPSA) is 83.6 Å². The van der Waals surface area contributed by atoms with Crippen LogP contribution in [0.25, 0.3) is 0 Å². The van der Waals surface area contributed by atoms with Gasteiger partial charge in [0, 0.05) is 35.6 Å². The predicted octanol–water partition coefficient (Wildman–Crippen LogP) is 1.50. The number of hydrogen-bond acceptors (Lipinski definition) is 4. The van der Waals surface area contributed by atoms with Gasteiger partial charge in [0.05, 0.1) is 11.5 Å². The molecule has 2 fully saturated rings. The van der Waals surface area contributed by atoms with Gasteiger partial charge >= 0.3 is 0 Å². The Morgan fingerprint density at radius 1 is 1.08 bits per heavy atom. The number of amides is 2. The van der Waals surface area contributed by atoms with Crippen molar-refractivity contribution >= 4 is 33.3 Å². The summed E-state index contributed by atoms with van der Waals surface area (Å²) in [5, 5.41) is 3.43. The Hall–Kier alpha value is -1.60. The van der Waals surface area contributed by atoms with Gasteiger partial charge in [-0.05, 0) is 43.5 Å². The summed E-state index contributed by atoms with van der Waals surface area (Å²) in [6.45, 7) is 1.03. The Bertz CT molecular complexity index is 755. The van der Waals surface area contributed by atoms with E-state index in [1.165, 1.54) is 0 Å². The lowest BCUT2D eigenvalue weighted by Crippen LogP contribution is -2.45. The number of carbonyl (C=O) groups is 2. The van der Waals surface area contributed by atoms with E-state index < -0.39 is 9.84 Å². The maximum atomic E-state index is 12.5. The Morgan fingerprint density at radius 2 is 1.72 bits per heavy atom. The summed E-state index contributed by atoms with van der Waals surface area (Å²) >= 11 is 5.84. The van der Waals surface area contributed by atoms with Gasteiger partial charge in [-0.25, -0.2) is 8.42 Å². The van der Waals surface area contributed by atoms with Crippen molar-refractivity contribution in [2.24, 2.45) is 5.92 Å². The SMILES string of the molecule is O=C(NC1CCS(=O)(=O)C1)C1CCN(C(=O)c2ccc(Cl)cc2)CC1. The van der Waals surface area contributed by atoms with Crippen molar-refractivity contribution in [2.45, 2.75) is 25.3 Å². The summed E-state index contributed by atoms with van der Waals surface area (Å²) in [4.78, 5) is 26.5. The van der Waals surface area contributed by atoms with Gasteiger partial charge in [-0.3, -0.25) is 9.59 Å². The second-order valence-electron chi connectivity index (χ2n) is 6.68. The van der Waals surface area contributed by atoms with Gasteiger partial charge in [0.2, 0.25) is 5.91 Å². The highest BCUT2D eigenvalue weighted by molar-refractivity contribution is 7.91. The van der Waals surface area contributed by atoms with Gasteiger partial charge in [0.15, 0.2) is 9.84 Å². The minimum atomic E-state index is -3.00. The summed E-state index contributed by atoms with van der Waals surface area (Å²) in [6, 6.07) is 6.50. The molecule has 136 valence electrons. The standard InChI is InChI=1S/C17H21ClN2O4S/c18-14-3-1-13(2-4-14)17(22)20-8-5-12(6-9-20)16(21)19-15-7-10-25(23,24)11-15/h1-4,12,15H,5-11H2,(H,19,21). The molecular formula is C17H21ClN2O4S.